The van der Waals surface area contributed by atoms with Crippen LogP contribution >= 0.6 is 0 Å². The maximum atomic E-state index is 6.56. The molecule has 0 bridgehead atoms. The van der Waals surface area contributed by atoms with E-state index in [0.717, 1.165) is 45.7 Å². The molecule has 4 aliphatic rings. The largest absolute Gasteiger partial charge is 1.00 e. The van der Waals surface area contributed by atoms with E-state index in [2.05, 4.69) is 231 Å². The molecule has 0 amide bonds. The molecule has 8 aromatic rings. The summed E-state index contributed by atoms with van der Waals surface area (Å²) in [7, 11) is 0. The first kappa shape index (κ1) is 44.0. The number of halogens is 2. The van der Waals surface area contributed by atoms with Gasteiger partial charge in [0.1, 0.15) is 0 Å². The monoisotopic (exact) mass is 990 g/mol. The molecule has 8 heteroatoms. The topological polar surface area (TPSA) is 24.9 Å². The first-order valence-electron chi connectivity index (χ1n) is 22.2. The van der Waals surface area contributed by atoms with Gasteiger partial charge in [0, 0.05) is 0 Å². The molecule has 0 aromatic heterocycles. The van der Waals surface area contributed by atoms with E-state index in [0.29, 0.717) is 7.25 Å². The van der Waals surface area contributed by atoms with Crippen LogP contribution in [-0.2, 0) is 20.4 Å². The van der Waals surface area contributed by atoms with Gasteiger partial charge in [-0.25, -0.2) is 0 Å². The fraction of sp³-hybridized carbons (Fsp3) is 0.103. The van der Waals surface area contributed by atoms with Crippen LogP contribution in [0.3, 0.4) is 0 Å². The molecule has 2 aliphatic heterocycles. The molecule has 0 saturated heterocycles. The van der Waals surface area contributed by atoms with E-state index in [1.165, 1.54) is 67.0 Å². The normalized spacial score (nSPS) is 15.6. The molecular formula is C58H46Cl2N2O2SiZr. The fourth-order valence-corrected chi connectivity index (χ4v) is 31.4. The van der Waals surface area contributed by atoms with Gasteiger partial charge in [-0.2, -0.15) is 0 Å². The molecule has 0 radical (unpaired) electrons. The van der Waals surface area contributed by atoms with Gasteiger partial charge in [0.15, 0.2) is 0 Å². The summed E-state index contributed by atoms with van der Waals surface area (Å²) in [5, 5.41) is 0. The molecule has 0 unspecified atom stereocenters. The van der Waals surface area contributed by atoms with Gasteiger partial charge < -0.3 is 24.8 Å². The number of ether oxygens (including phenoxy) is 2. The Bertz CT molecular complexity index is 3010. The number of anilines is 6. The van der Waals surface area contributed by atoms with Gasteiger partial charge in [-0.1, -0.05) is 0 Å². The van der Waals surface area contributed by atoms with Gasteiger partial charge in [0.25, 0.3) is 0 Å². The van der Waals surface area contributed by atoms with Crippen molar-refractivity contribution in [3.8, 4) is 45.3 Å². The second-order valence-electron chi connectivity index (χ2n) is 17.6. The minimum atomic E-state index is -2.62. The second kappa shape index (κ2) is 17.7. The van der Waals surface area contributed by atoms with Crippen LogP contribution in [0.15, 0.2) is 193 Å². The molecule has 0 saturated carbocycles. The first-order valence-corrected chi connectivity index (χ1v) is 31.3. The van der Waals surface area contributed by atoms with Crippen molar-refractivity contribution < 1.29 is 54.7 Å². The summed E-state index contributed by atoms with van der Waals surface area (Å²) in [6, 6.07) is 65.9. The van der Waals surface area contributed by atoms with Gasteiger partial charge in [0.05, 0.1) is 0 Å². The van der Waals surface area contributed by atoms with Crippen molar-refractivity contribution >= 4 is 51.7 Å². The van der Waals surface area contributed by atoms with Crippen molar-refractivity contribution in [2.45, 2.75) is 34.2 Å². The number of rotatable bonds is 6. The summed E-state index contributed by atoms with van der Waals surface area (Å²) in [5.41, 5.74) is 19.6. The van der Waals surface area contributed by atoms with Gasteiger partial charge in [-0.15, -0.1) is 0 Å². The molecule has 66 heavy (non-hydrogen) atoms. The van der Waals surface area contributed by atoms with Crippen molar-refractivity contribution in [1.29, 1.82) is 0 Å². The van der Waals surface area contributed by atoms with E-state index in [1.54, 1.807) is 0 Å². The third-order valence-electron chi connectivity index (χ3n) is 13.4. The molecule has 0 N–H and O–H groups in total. The summed E-state index contributed by atoms with van der Waals surface area (Å²) in [6.45, 7) is 10.1. The number of hydrogen-bond donors (Lipinski definition) is 0. The Morgan fingerprint density at radius 2 is 0.712 bits per heavy atom. The van der Waals surface area contributed by atoms with Crippen molar-refractivity contribution in [3.63, 3.8) is 0 Å². The van der Waals surface area contributed by atoms with Gasteiger partial charge in [0.2, 0.25) is 0 Å². The van der Waals surface area contributed by atoms with E-state index in [4.69, 9.17) is 9.47 Å². The van der Waals surface area contributed by atoms with Gasteiger partial charge in [-0.3, -0.25) is 0 Å². The molecular weight excluding hydrogens is 947 g/mol. The third kappa shape index (κ3) is 7.21. The number of hydrogen-bond acceptors (Lipinski definition) is 4. The zero-order valence-corrected chi connectivity index (χ0v) is 42.1. The van der Waals surface area contributed by atoms with E-state index in [1.807, 2.05) is 0 Å². The predicted molar refractivity (Wildman–Crippen MR) is 264 cm³/mol. The smallest absolute Gasteiger partial charge is 1.00 e. The number of fused-ring (bicyclic) bond motifs is 6. The van der Waals surface area contributed by atoms with Crippen molar-refractivity contribution in [2.24, 2.45) is 0 Å². The summed E-state index contributed by atoms with van der Waals surface area (Å²) in [5.74, 6) is 3.49. The Hall–Kier alpha value is -5.88. The van der Waals surface area contributed by atoms with E-state index in [9.17, 15) is 0 Å². The molecule has 2 aliphatic carbocycles. The van der Waals surface area contributed by atoms with Crippen LogP contribution in [-0.4, -0.2) is 5.43 Å². The number of benzene rings is 8. The van der Waals surface area contributed by atoms with Crippen LogP contribution in [0.25, 0.3) is 34.4 Å². The minimum absolute atomic E-state index is 0. The van der Waals surface area contributed by atoms with Crippen LogP contribution in [0.1, 0.15) is 43.4 Å². The van der Waals surface area contributed by atoms with Crippen molar-refractivity contribution in [2.75, 3.05) is 9.80 Å². The molecule has 4 nitrogen and oxygen atoms in total. The first-order chi connectivity index (χ1) is 31.4. The van der Waals surface area contributed by atoms with Gasteiger partial charge in [-0.05, 0) is 0 Å². The summed E-state index contributed by atoms with van der Waals surface area (Å²) >= 11 is -2.62. The van der Waals surface area contributed by atoms with Crippen molar-refractivity contribution in [1.82, 2.24) is 0 Å². The summed E-state index contributed by atoms with van der Waals surface area (Å²) < 4.78 is 13.9. The molecule has 322 valence electrons. The van der Waals surface area contributed by atoms with Crippen LogP contribution in [0.2, 0.25) is 13.1 Å². The Morgan fingerprint density at radius 3 is 1.05 bits per heavy atom. The Morgan fingerprint density at radius 1 is 0.394 bits per heavy atom. The van der Waals surface area contributed by atoms with Crippen LogP contribution in [0, 0.1) is 0 Å². The average molecular weight is 993 g/mol. The van der Waals surface area contributed by atoms with Crippen LogP contribution in [0.4, 0.5) is 34.1 Å². The average Bonchev–Trinajstić information content (AvgIpc) is 3.84. The Kier molecular flexibility index (Phi) is 11.8. The number of para-hydroxylation sites is 8. The summed E-state index contributed by atoms with van der Waals surface area (Å²) in [6.07, 6.45) is 5.11. The van der Waals surface area contributed by atoms with E-state index in [-0.39, 0.29) is 24.8 Å². The maximum Gasteiger partial charge on any atom is -1.00 e. The Labute approximate surface area is 407 Å². The third-order valence-corrected chi connectivity index (χ3v) is 33.3. The number of nitrogens with zero attached hydrogens (tertiary/aromatic N) is 2. The Balaban J connectivity index is 0.00000256. The van der Waals surface area contributed by atoms with E-state index < -0.39 is 25.8 Å². The van der Waals surface area contributed by atoms with Crippen molar-refractivity contribution in [3.05, 3.63) is 215 Å². The molecule has 0 spiro atoms. The fourth-order valence-electron chi connectivity index (χ4n) is 10.7. The quantitative estimate of drug-likeness (QED) is 0.155. The second-order valence-corrected chi connectivity index (χ2v) is 35.4. The zero-order valence-electron chi connectivity index (χ0n) is 37.1. The SMILES string of the molecule is CC1=Cc2c(cc(-c3ccccc3)cc2N2c3ccccc3Oc3ccccc32)[C@@H]1[Zr+2]([C@H]1C(C)=Cc2c1cc(-c1ccccc1)cc2N1c2ccccc2Oc2ccccc21)=[Si](C)C.[Cl-].[Cl-]. The zero-order chi connectivity index (χ0) is 43.1. The van der Waals surface area contributed by atoms with Crippen LogP contribution < -0.4 is 44.1 Å². The van der Waals surface area contributed by atoms with Crippen LogP contribution in [0.5, 0.6) is 23.0 Å². The molecule has 2 atom stereocenters. The minimum Gasteiger partial charge on any atom is -1.00 e. The molecule has 8 aromatic carbocycles. The number of allylic oxidation sites excluding steroid dienone is 2. The molecule has 12 rings (SSSR count). The maximum absolute atomic E-state index is 6.56. The van der Waals surface area contributed by atoms with Gasteiger partial charge >= 0.3 is 386 Å². The molecule has 0 fully saturated rings. The van der Waals surface area contributed by atoms with E-state index >= 15 is 0 Å². The predicted octanol–water partition coefficient (Wildman–Crippen LogP) is 10.7. The standard InChI is InChI=1S/2C28H20NO.C2H6Si.2ClH.Zr/c2*1-19-15-22-17-21(20-9-3-2-4-10-20)18-26(23(22)16-19)29-24-11-5-7-13-27(24)30-28-14-8-6-12-25(28)29;1-3-2;;;/h2*2-18H,1H3;1-2H3;2*1H;/q;;;;;+2/p-2. The molecule has 2 heterocycles. The summed E-state index contributed by atoms with van der Waals surface area (Å²) in [4.78, 5) is 4.93.